The molecular weight excluding hydrogens is 445 g/mol. The molecule has 5 rings (SSSR count). The van der Waals surface area contributed by atoms with E-state index < -0.39 is 11.7 Å². The predicted octanol–water partition coefficient (Wildman–Crippen LogP) is 6.49. The lowest BCUT2D eigenvalue weighted by molar-refractivity contribution is -0.137. The topological polar surface area (TPSA) is 33.4 Å². The molecule has 1 saturated heterocycles. The number of aliphatic imine (C=N–C) groups is 1. The highest BCUT2D eigenvalue weighted by Gasteiger charge is 2.46. The molecule has 0 bridgehead atoms. The largest absolute Gasteiger partial charge is 0.418 e. The second kappa shape index (κ2) is 8.24. The molecule has 3 atom stereocenters. The van der Waals surface area contributed by atoms with Gasteiger partial charge in [-0.25, -0.2) is 0 Å². The van der Waals surface area contributed by atoms with Crippen LogP contribution in [0.1, 0.15) is 53.6 Å². The van der Waals surface area contributed by atoms with Crippen molar-refractivity contribution in [3.63, 3.8) is 0 Å². The average molecular weight is 471 g/mol. The minimum atomic E-state index is -4.43. The van der Waals surface area contributed by atoms with Crippen LogP contribution in [0.3, 0.4) is 0 Å². The van der Waals surface area contributed by atoms with Crippen molar-refractivity contribution in [1.82, 2.24) is 14.5 Å². The number of hydrogen-bond donors (Lipinski definition) is 0. The third-order valence-corrected chi connectivity index (χ3v) is 7.69. The quantitative estimate of drug-likeness (QED) is 0.437. The standard InChI is InChI=1S/C25H25F3N4S/c1-4-17-14-33-24-30-22(20-10-7-8-12-29-20)23(32(17)24)18-13-15(2)31(16(18)3)21-11-6-5-9-19(21)25(26,27)28/h5-13,17,22-23H,4,14H2,1-3H3/t17-,22-,23+/m0/s1. The minimum absolute atomic E-state index is 0.104. The van der Waals surface area contributed by atoms with Gasteiger partial charge in [-0.1, -0.05) is 36.9 Å². The number of alkyl halides is 3. The highest BCUT2D eigenvalue weighted by atomic mass is 32.2. The van der Waals surface area contributed by atoms with Gasteiger partial charge in [0.2, 0.25) is 0 Å². The fraction of sp³-hybridized carbons (Fsp3) is 0.360. The van der Waals surface area contributed by atoms with E-state index in [2.05, 4.69) is 16.8 Å². The summed E-state index contributed by atoms with van der Waals surface area (Å²) in [6.07, 6.45) is -1.69. The van der Waals surface area contributed by atoms with Crippen LogP contribution in [0.5, 0.6) is 0 Å². The zero-order valence-electron chi connectivity index (χ0n) is 18.7. The van der Waals surface area contributed by atoms with Crippen LogP contribution in [0.4, 0.5) is 13.2 Å². The lowest BCUT2D eigenvalue weighted by Crippen LogP contribution is -2.35. The number of pyridine rings is 1. The van der Waals surface area contributed by atoms with Crippen molar-refractivity contribution in [1.29, 1.82) is 0 Å². The van der Waals surface area contributed by atoms with E-state index in [0.29, 0.717) is 6.04 Å². The van der Waals surface area contributed by atoms with Crippen molar-refractivity contribution < 1.29 is 13.2 Å². The summed E-state index contributed by atoms with van der Waals surface area (Å²) in [6.45, 7) is 5.95. The van der Waals surface area contributed by atoms with Crippen molar-refractivity contribution >= 4 is 16.9 Å². The molecule has 0 unspecified atom stereocenters. The van der Waals surface area contributed by atoms with Crippen LogP contribution in [0.2, 0.25) is 0 Å². The molecule has 0 aliphatic carbocycles. The van der Waals surface area contributed by atoms with Crippen LogP contribution in [-0.2, 0) is 6.18 Å². The summed E-state index contributed by atoms with van der Waals surface area (Å²) < 4.78 is 43.2. The van der Waals surface area contributed by atoms with Crippen LogP contribution in [-0.4, -0.2) is 31.4 Å². The van der Waals surface area contributed by atoms with Crippen molar-refractivity contribution in [3.05, 3.63) is 82.9 Å². The van der Waals surface area contributed by atoms with Gasteiger partial charge >= 0.3 is 6.18 Å². The lowest BCUT2D eigenvalue weighted by atomic mass is 9.95. The summed E-state index contributed by atoms with van der Waals surface area (Å²) in [5.74, 6) is 0.969. The molecule has 0 amide bonds. The van der Waals surface area contributed by atoms with Crippen LogP contribution in [0, 0.1) is 13.8 Å². The molecule has 8 heteroatoms. The van der Waals surface area contributed by atoms with E-state index in [4.69, 9.17) is 4.99 Å². The number of hydrogen-bond acceptors (Lipinski definition) is 4. The van der Waals surface area contributed by atoms with Gasteiger partial charge in [-0.3, -0.25) is 9.98 Å². The van der Waals surface area contributed by atoms with Gasteiger partial charge in [0.25, 0.3) is 0 Å². The average Bonchev–Trinajstić information content (AvgIpc) is 3.45. The number of rotatable bonds is 4. The Morgan fingerprint density at radius 1 is 1.09 bits per heavy atom. The first-order chi connectivity index (χ1) is 15.8. The summed E-state index contributed by atoms with van der Waals surface area (Å²) in [5.41, 5.74) is 2.97. The fourth-order valence-corrected chi connectivity index (χ4v) is 6.39. The first-order valence-corrected chi connectivity index (χ1v) is 12.0. The molecule has 1 aromatic carbocycles. The molecule has 0 spiro atoms. The third kappa shape index (κ3) is 3.64. The minimum Gasteiger partial charge on any atom is -0.338 e. The third-order valence-electron chi connectivity index (χ3n) is 6.57. The highest BCUT2D eigenvalue weighted by Crippen LogP contribution is 2.50. The second-order valence-corrected chi connectivity index (χ2v) is 9.50. The van der Waals surface area contributed by atoms with Crippen LogP contribution >= 0.6 is 11.8 Å². The van der Waals surface area contributed by atoms with E-state index in [1.54, 1.807) is 34.7 Å². The molecular formula is C25H25F3N4S. The van der Waals surface area contributed by atoms with Gasteiger partial charge in [-0.15, -0.1) is 0 Å². The smallest absolute Gasteiger partial charge is 0.338 e. The Labute approximate surface area is 195 Å². The summed E-state index contributed by atoms with van der Waals surface area (Å²) >= 11 is 1.75. The van der Waals surface area contributed by atoms with Crippen molar-refractivity contribution in [2.24, 2.45) is 4.99 Å². The van der Waals surface area contributed by atoms with Gasteiger partial charge in [0, 0.05) is 29.4 Å². The number of para-hydroxylation sites is 1. The Morgan fingerprint density at radius 2 is 1.85 bits per heavy atom. The monoisotopic (exact) mass is 470 g/mol. The number of halogens is 3. The second-order valence-electron chi connectivity index (χ2n) is 8.51. The Bertz CT molecular complexity index is 1200. The summed E-state index contributed by atoms with van der Waals surface area (Å²) in [4.78, 5) is 12.0. The molecule has 4 nitrogen and oxygen atoms in total. The number of aryl methyl sites for hydroxylation is 1. The summed E-state index contributed by atoms with van der Waals surface area (Å²) in [6, 6.07) is 13.6. The number of aromatic nitrogens is 2. The van der Waals surface area contributed by atoms with Gasteiger partial charge in [-0.05, 0) is 56.2 Å². The summed E-state index contributed by atoms with van der Waals surface area (Å²) in [5, 5.41) is 1.00. The SMILES string of the molecule is CC[C@H]1CSC2=N[C@@H](c3ccccn3)[C@@H](c3cc(C)n(-c4ccccc4C(F)(F)F)c3C)N21. The van der Waals surface area contributed by atoms with E-state index >= 15 is 0 Å². The van der Waals surface area contributed by atoms with Gasteiger partial charge in [0.05, 0.1) is 23.0 Å². The van der Waals surface area contributed by atoms with E-state index in [1.165, 1.54) is 6.07 Å². The Kier molecular flexibility index (Phi) is 5.51. The van der Waals surface area contributed by atoms with E-state index in [9.17, 15) is 13.2 Å². The molecule has 0 radical (unpaired) electrons. The zero-order valence-corrected chi connectivity index (χ0v) is 19.5. The molecule has 0 N–H and O–H groups in total. The van der Waals surface area contributed by atoms with Gasteiger partial charge < -0.3 is 9.47 Å². The molecule has 0 saturated carbocycles. The van der Waals surface area contributed by atoms with Crippen LogP contribution < -0.4 is 0 Å². The van der Waals surface area contributed by atoms with E-state index in [-0.39, 0.29) is 17.8 Å². The maximum Gasteiger partial charge on any atom is 0.418 e. The number of amidine groups is 1. The highest BCUT2D eigenvalue weighted by molar-refractivity contribution is 8.14. The van der Waals surface area contributed by atoms with Gasteiger partial charge in [0.15, 0.2) is 5.17 Å². The first-order valence-electron chi connectivity index (χ1n) is 11.1. The molecule has 3 aromatic rings. The molecule has 4 heterocycles. The van der Waals surface area contributed by atoms with Crippen LogP contribution in [0.25, 0.3) is 5.69 Å². The van der Waals surface area contributed by atoms with Crippen LogP contribution in [0.15, 0.2) is 59.7 Å². The number of nitrogens with zero attached hydrogens (tertiary/aromatic N) is 4. The Morgan fingerprint density at radius 3 is 2.55 bits per heavy atom. The van der Waals surface area contributed by atoms with Crippen molar-refractivity contribution in [3.8, 4) is 5.69 Å². The van der Waals surface area contributed by atoms with E-state index in [1.807, 2.05) is 38.1 Å². The number of fused-ring (bicyclic) bond motifs is 1. The molecule has 2 aliphatic heterocycles. The molecule has 172 valence electrons. The number of thioether (sulfide) groups is 1. The van der Waals surface area contributed by atoms with Crippen molar-refractivity contribution in [2.75, 3.05) is 5.75 Å². The zero-order chi connectivity index (χ0) is 23.3. The molecule has 33 heavy (non-hydrogen) atoms. The molecule has 1 fully saturated rings. The maximum atomic E-state index is 13.8. The lowest BCUT2D eigenvalue weighted by Gasteiger charge is -2.32. The Hall–Kier alpha value is -2.74. The summed E-state index contributed by atoms with van der Waals surface area (Å²) in [7, 11) is 0. The predicted molar refractivity (Wildman–Crippen MR) is 126 cm³/mol. The van der Waals surface area contributed by atoms with Crippen molar-refractivity contribution in [2.45, 2.75) is 51.5 Å². The molecule has 2 aliphatic rings. The fourth-order valence-electron chi connectivity index (χ4n) is 5.05. The van der Waals surface area contributed by atoms with Gasteiger partial charge in [-0.2, -0.15) is 13.2 Å². The normalized spacial score (nSPS) is 22.5. The number of benzene rings is 1. The molecule has 2 aromatic heterocycles. The maximum absolute atomic E-state index is 13.8. The Balaban J connectivity index is 1.67. The van der Waals surface area contributed by atoms with E-state index in [0.717, 1.165) is 46.1 Å². The first kappa shape index (κ1) is 22.1. The van der Waals surface area contributed by atoms with Gasteiger partial charge in [0.1, 0.15) is 6.04 Å².